The second-order valence-electron chi connectivity index (χ2n) is 7.67. The summed E-state index contributed by atoms with van der Waals surface area (Å²) in [7, 11) is 0. The summed E-state index contributed by atoms with van der Waals surface area (Å²) in [4.78, 5) is 33.1. The number of fused-ring (bicyclic) bond motifs is 1. The largest absolute Gasteiger partial charge is 0.444 e. The van der Waals surface area contributed by atoms with Gasteiger partial charge in [0.25, 0.3) is 5.91 Å². The number of pyridine rings is 1. The number of anilines is 2. The third-order valence-electron chi connectivity index (χ3n) is 5.43. The number of alkyl halides is 1. The maximum absolute atomic E-state index is 13.7. The van der Waals surface area contributed by atoms with Crippen molar-refractivity contribution < 1.29 is 13.6 Å². The van der Waals surface area contributed by atoms with Crippen molar-refractivity contribution in [1.29, 1.82) is 0 Å². The molecule has 10 nitrogen and oxygen atoms in total. The summed E-state index contributed by atoms with van der Waals surface area (Å²) in [5.74, 6) is 1.42. The Morgan fingerprint density at radius 1 is 1.28 bits per heavy atom. The van der Waals surface area contributed by atoms with Crippen LogP contribution in [-0.4, -0.2) is 56.9 Å². The Bertz CT molecular complexity index is 1180. The van der Waals surface area contributed by atoms with E-state index in [-0.39, 0.29) is 11.6 Å². The fourth-order valence-electron chi connectivity index (χ4n) is 3.85. The smallest absolute Gasteiger partial charge is 0.273 e. The molecule has 3 aromatic heterocycles. The molecule has 32 heavy (non-hydrogen) atoms. The molecule has 1 atom stereocenters. The number of nitrogens with one attached hydrogen (secondary N) is 1. The first-order valence-corrected chi connectivity index (χ1v) is 11.0. The molecule has 0 bridgehead atoms. The fourth-order valence-corrected chi connectivity index (χ4v) is 4.67. The molecule has 166 valence electrons. The van der Waals surface area contributed by atoms with Crippen LogP contribution in [0.3, 0.4) is 0 Å². The first-order valence-electron chi connectivity index (χ1n) is 10.2. The number of rotatable bonds is 3. The molecule has 5 N–H and O–H groups in total. The number of hydrogen-bond donors (Lipinski definition) is 3. The number of carbonyl (C=O) groups is 1. The van der Waals surface area contributed by atoms with E-state index >= 15 is 0 Å². The number of oxazole rings is 1. The van der Waals surface area contributed by atoms with Gasteiger partial charge in [0.2, 0.25) is 5.89 Å². The minimum Gasteiger partial charge on any atom is -0.444 e. The zero-order chi connectivity index (χ0) is 22.2. The van der Waals surface area contributed by atoms with E-state index in [0.717, 1.165) is 4.88 Å². The standard InChI is InChI=1S/C20H21FN8O2S/c21-11-2-5-29(6-3-11)17-12(8-14-16(27-17)28-20(23)32-14)25-18(30)13-9-31-19(26-13)10-1-4-24-15(22)7-10/h1,4,7,9,11-12H,2-3,5-6,8H2,(H2,22,24)(H2,23,28)(H,25,30). The van der Waals surface area contributed by atoms with Crippen LogP contribution in [0.5, 0.6) is 0 Å². The van der Waals surface area contributed by atoms with Gasteiger partial charge in [-0.3, -0.25) is 4.79 Å². The zero-order valence-electron chi connectivity index (χ0n) is 17.0. The van der Waals surface area contributed by atoms with Gasteiger partial charge in [-0.1, -0.05) is 11.3 Å². The molecule has 5 heterocycles. The molecule has 1 amide bonds. The normalized spacial score (nSPS) is 18.8. The Morgan fingerprint density at radius 3 is 2.88 bits per heavy atom. The Labute approximate surface area is 186 Å². The van der Waals surface area contributed by atoms with Crippen molar-refractivity contribution in [2.75, 3.05) is 24.6 Å². The summed E-state index contributed by atoms with van der Waals surface area (Å²) in [5.41, 5.74) is 12.3. The molecule has 3 aromatic rings. The summed E-state index contributed by atoms with van der Waals surface area (Å²) in [6, 6.07) is 2.90. The van der Waals surface area contributed by atoms with Crippen LogP contribution < -0.4 is 16.8 Å². The molecule has 0 aromatic carbocycles. The zero-order valence-corrected chi connectivity index (χ0v) is 17.8. The molecule has 0 radical (unpaired) electrons. The van der Waals surface area contributed by atoms with Crippen molar-refractivity contribution in [3.8, 4) is 11.5 Å². The molecule has 5 rings (SSSR count). The van der Waals surface area contributed by atoms with Crippen molar-refractivity contribution in [3.05, 3.63) is 35.2 Å². The van der Waals surface area contributed by atoms with E-state index < -0.39 is 18.1 Å². The summed E-state index contributed by atoms with van der Waals surface area (Å²) >= 11 is 1.35. The van der Waals surface area contributed by atoms with Crippen LogP contribution in [0, 0.1) is 0 Å². The van der Waals surface area contributed by atoms with E-state index in [0.29, 0.717) is 60.5 Å². The van der Waals surface area contributed by atoms with Crippen molar-refractivity contribution >= 4 is 39.8 Å². The number of nitrogens with two attached hydrogens (primary N) is 2. The van der Waals surface area contributed by atoms with E-state index in [4.69, 9.17) is 15.9 Å². The Balaban J connectivity index is 1.37. The summed E-state index contributed by atoms with van der Waals surface area (Å²) < 4.78 is 19.1. The molecule has 0 saturated carbocycles. The molecule has 0 aliphatic carbocycles. The molecular formula is C20H21FN8O2S. The number of piperidine rings is 1. The monoisotopic (exact) mass is 456 g/mol. The van der Waals surface area contributed by atoms with Crippen LogP contribution in [0.25, 0.3) is 11.5 Å². The predicted octanol–water partition coefficient (Wildman–Crippen LogP) is 2.18. The highest BCUT2D eigenvalue weighted by Gasteiger charge is 2.33. The van der Waals surface area contributed by atoms with Gasteiger partial charge in [-0.05, 0) is 25.0 Å². The van der Waals surface area contributed by atoms with Gasteiger partial charge >= 0.3 is 0 Å². The van der Waals surface area contributed by atoms with Gasteiger partial charge < -0.3 is 26.1 Å². The number of amides is 1. The Kier molecular flexibility index (Phi) is 5.21. The van der Waals surface area contributed by atoms with E-state index in [9.17, 15) is 9.18 Å². The number of hydrogen-bond acceptors (Lipinski definition) is 10. The quantitative estimate of drug-likeness (QED) is 0.543. The number of carbonyl (C=O) groups excluding carboxylic acids is 1. The van der Waals surface area contributed by atoms with Crippen LogP contribution in [0.2, 0.25) is 0 Å². The number of nitrogen functional groups attached to an aromatic ring is 2. The predicted molar refractivity (Wildman–Crippen MR) is 118 cm³/mol. The van der Waals surface area contributed by atoms with Crippen LogP contribution >= 0.6 is 11.3 Å². The van der Waals surface area contributed by atoms with Crippen molar-refractivity contribution in [1.82, 2.24) is 25.2 Å². The second-order valence-corrected chi connectivity index (χ2v) is 8.78. The van der Waals surface area contributed by atoms with Gasteiger partial charge in [0, 0.05) is 31.3 Å². The minimum atomic E-state index is -0.815. The highest BCUT2D eigenvalue weighted by Crippen LogP contribution is 2.33. The summed E-state index contributed by atoms with van der Waals surface area (Å²) in [6.45, 7) is 1.05. The SMILES string of the molecule is Nc1cc(-c2nc(C(=O)NC3Cc4sc(N)nc4N=C3N3CCC(F)CC3)co2)ccn1. The van der Waals surface area contributed by atoms with Crippen molar-refractivity contribution in [3.63, 3.8) is 0 Å². The number of likely N-dealkylation sites (tertiary alicyclic amines) is 1. The summed E-state index contributed by atoms with van der Waals surface area (Å²) in [5, 5.41) is 3.42. The second kappa shape index (κ2) is 8.19. The first-order chi connectivity index (χ1) is 15.5. The van der Waals surface area contributed by atoms with Crippen molar-refractivity contribution in [2.24, 2.45) is 4.99 Å². The molecule has 1 fully saturated rings. The van der Waals surface area contributed by atoms with Gasteiger partial charge in [0.15, 0.2) is 16.6 Å². The molecule has 1 saturated heterocycles. The maximum atomic E-state index is 13.7. The van der Waals surface area contributed by atoms with Gasteiger partial charge in [-0.15, -0.1) is 0 Å². The van der Waals surface area contributed by atoms with Gasteiger partial charge in [0.05, 0.1) is 10.9 Å². The number of aromatic nitrogens is 3. The topological polar surface area (TPSA) is 149 Å². The number of nitrogens with zero attached hydrogens (tertiary/aromatic N) is 5. The highest BCUT2D eigenvalue weighted by molar-refractivity contribution is 7.15. The van der Waals surface area contributed by atoms with Gasteiger partial charge in [-0.25, -0.2) is 24.3 Å². The molecule has 12 heteroatoms. The van der Waals surface area contributed by atoms with Crippen LogP contribution in [0.4, 0.5) is 21.2 Å². The maximum Gasteiger partial charge on any atom is 0.273 e. The molecular weight excluding hydrogens is 435 g/mol. The lowest BCUT2D eigenvalue weighted by molar-refractivity contribution is 0.0938. The fraction of sp³-hybridized carbons (Fsp3) is 0.350. The van der Waals surface area contributed by atoms with Gasteiger partial charge in [0.1, 0.15) is 24.1 Å². The third kappa shape index (κ3) is 4.00. The molecule has 2 aliphatic heterocycles. The lowest BCUT2D eigenvalue weighted by Crippen LogP contribution is -2.52. The first kappa shape index (κ1) is 20.4. The van der Waals surface area contributed by atoms with Gasteiger partial charge in [-0.2, -0.15) is 0 Å². The number of aliphatic imine (C=N–C) groups is 1. The number of amidine groups is 1. The number of halogens is 1. The lowest BCUT2D eigenvalue weighted by Gasteiger charge is -2.36. The highest BCUT2D eigenvalue weighted by atomic mass is 32.1. The lowest BCUT2D eigenvalue weighted by atomic mass is 10.0. The Morgan fingerprint density at radius 2 is 2.09 bits per heavy atom. The van der Waals surface area contributed by atoms with E-state index in [1.165, 1.54) is 17.6 Å². The average Bonchev–Trinajstić information content (AvgIpc) is 3.40. The Hall–Kier alpha value is -3.54. The average molecular weight is 457 g/mol. The van der Waals surface area contributed by atoms with E-state index in [1.807, 2.05) is 4.90 Å². The molecule has 0 spiro atoms. The van der Waals surface area contributed by atoms with E-state index in [1.54, 1.807) is 18.3 Å². The number of thiazole rings is 1. The van der Waals surface area contributed by atoms with E-state index in [2.05, 4.69) is 25.3 Å². The third-order valence-corrected chi connectivity index (χ3v) is 6.33. The van der Waals surface area contributed by atoms with Crippen LogP contribution in [-0.2, 0) is 6.42 Å². The van der Waals surface area contributed by atoms with Crippen LogP contribution in [0.15, 0.2) is 34.0 Å². The summed E-state index contributed by atoms with van der Waals surface area (Å²) in [6.07, 6.45) is 3.37. The molecule has 1 unspecified atom stereocenters. The van der Waals surface area contributed by atoms with Crippen molar-refractivity contribution in [2.45, 2.75) is 31.5 Å². The minimum absolute atomic E-state index is 0.131. The van der Waals surface area contributed by atoms with Crippen LogP contribution in [0.1, 0.15) is 28.2 Å². The molecule has 2 aliphatic rings.